The third-order valence-corrected chi connectivity index (χ3v) is 2.47. The zero-order valence-corrected chi connectivity index (χ0v) is 10.0. The van der Waals surface area contributed by atoms with Gasteiger partial charge in [0.2, 0.25) is 0 Å². The first-order valence-electron chi connectivity index (χ1n) is 4.98. The van der Waals surface area contributed by atoms with Gasteiger partial charge in [-0.2, -0.15) is 13.2 Å². The highest BCUT2D eigenvalue weighted by atomic mass is 35.5. The Hall–Kier alpha value is -1.27. The molecule has 7 heteroatoms. The normalized spacial score (nSPS) is 13.2. The minimum Gasteiger partial charge on any atom is -0.464 e. The molecule has 0 heterocycles. The van der Waals surface area contributed by atoms with Gasteiger partial charge in [0, 0.05) is 10.6 Å². The first-order valence-corrected chi connectivity index (χ1v) is 5.36. The summed E-state index contributed by atoms with van der Waals surface area (Å²) in [6.07, 6.45) is -6.41. The molecule has 0 aliphatic heterocycles. The summed E-state index contributed by atoms with van der Waals surface area (Å²) in [5, 5.41) is 9.43. The van der Waals surface area contributed by atoms with Crippen molar-refractivity contribution in [3.63, 3.8) is 0 Å². The molecule has 0 spiro atoms. The van der Waals surface area contributed by atoms with Gasteiger partial charge in [0.15, 0.2) is 6.10 Å². The number of benzene rings is 1. The number of aliphatic hydroxyl groups excluding tert-OH is 1. The fraction of sp³-hybridized carbons (Fsp3) is 0.364. The van der Waals surface area contributed by atoms with Crippen LogP contribution in [0.2, 0.25) is 5.02 Å². The summed E-state index contributed by atoms with van der Waals surface area (Å²) in [6, 6.07) is 2.37. The Kier molecular flexibility index (Phi) is 4.59. The van der Waals surface area contributed by atoms with E-state index in [1.54, 1.807) is 0 Å². The molecule has 0 aliphatic carbocycles. The molecular weight excluding hydrogens is 273 g/mol. The lowest BCUT2D eigenvalue weighted by Crippen LogP contribution is -2.17. The summed E-state index contributed by atoms with van der Waals surface area (Å²) in [6.45, 7) is 1.52. The van der Waals surface area contributed by atoms with Gasteiger partial charge in [0.25, 0.3) is 0 Å². The number of aliphatic hydroxyl groups is 1. The van der Waals surface area contributed by atoms with Crippen molar-refractivity contribution in [3.8, 4) is 0 Å². The van der Waals surface area contributed by atoms with Crippen LogP contribution in [0.25, 0.3) is 0 Å². The van der Waals surface area contributed by atoms with Crippen molar-refractivity contribution in [2.75, 3.05) is 6.61 Å². The average Bonchev–Trinajstić information content (AvgIpc) is 2.27. The van der Waals surface area contributed by atoms with Crippen molar-refractivity contribution in [2.24, 2.45) is 0 Å². The van der Waals surface area contributed by atoms with Gasteiger partial charge in [0.05, 0.1) is 12.2 Å². The van der Waals surface area contributed by atoms with Crippen LogP contribution in [-0.2, 0) is 15.7 Å². The number of hydrogen-bond acceptors (Lipinski definition) is 3. The molecular formula is C11H10ClF3O3. The van der Waals surface area contributed by atoms with E-state index in [0.717, 1.165) is 12.1 Å². The molecule has 0 fully saturated rings. The summed E-state index contributed by atoms with van der Waals surface area (Å²) >= 11 is 5.65. The average molecular weight is 283 g/mol. The largest absolute Gasteiger partial charge is 0.464 e. The van der Waals surface area contributed by atoms with Crippen LogP contribution in [-0.4, -0.2) is 17.7 Å². The van der Waals surface area contributed by atoms with Crippen LogP contribution < -0.4 is 0 Å². The van der Waals surface area contributed by atoms with Crippen molar-refractivity contribution in [2.45, 2.75) is 19.2 Å². The molecule has 0 aromatic heterocycles. The van der Waals surface area contributed by atoms with Gasteiger partial charge >= 0.3 is 12.1 Å². The van der Waals surface area contributed by atoms with Crippen molar-refractivity contribution >= 4 is 17.6 Å². The lowest BCUT2D eigenvalue weighted by molar-refractivity contribution is -0.153. The van der Waals surface area contributed by atoms with E-state index < -0.39 is 23.8 Å². The van der Waals surface area contributed by atoms with Crippen LogP contribution in [0.15, 0.2) is 18.2 Å². The van der Waals surface area contributed by atoms with Crippen LogP contribution in [0.3, 0.4) is 0 Å². The monoisotopic (exact) mass is 282 g/mol. The quantitative estimate of drug-likeness (QED) is 0.867. The molecule has 0 aliphatic rings. The van der Waals surface area contributed by atoms with E-state index >= 15 is 0 Å². The molecule has 0 radical (unpaired) electrons. The minimum atomic E-state index is -4.58. The Morgan fingerprint density at radius 2 is 2.11 bits per heavy atom. The second-order valence-electron chi connectivity index (χ2n) is 3.39. The molecule has 1 aromatic carbocycles. The molecule has 1 rings (SSSR count). The maximum atomic E-state index is 12.5. The number of carbonyl (C=O) groups excluding carboxylic acids is 1. The van der Waals surface area contributed by atoms with Gasteiger partial charge in [0.1, 0.15) is 0 Å². The summed E-state index contributed by atoms with van der Waals surface area (Å²) < 4.78 is 41.9. The number of carbonyl (C=O) groups is 1. The smallest absolute Gasteiger partial charge is 0.416 e. The zero-order chi connectivity index (χ0) is 13.9. The first kappa shape index (κ1) is 14.8. The molecule has 0 bridgehead atoms. The summed E-state index contributed by atoms with van der Waals surface area (Å²) in [5.74, 6) is -1.04. The molecule has 1 N–H and O–H groups in total. The fourth-order valence-electron chi connectivity index (χ4n) is 1.28. The van der Waals surface area contributed by atoms with E-state index in [-0.39, 0.29) is 17.2 Å². The molecule has 1 atom stereocenters. The van der Waals surface area contributed by atoms with Crippen molar-refractivity contribution < 1.29 is 27.8 Å². The SMILES string of the molecule is CCOC(=O)C(O)c1cc(C(F)(F)F)ccc1Cl. The van der Waals surface area contributed by atoms with E-state index in [4.69, 9.17) is 11.6 Å². The molecule has 0 amide bonds. The first-order chi connectivity index (χ1) is 8.27. The van der Waals surface area contributed by atoms with Gasteiger partial charge < -0.3 is 9.84 Å². The topological polar surface area (TPSA) is 46.5 Å². The maximum Gasteiger partial charge on any atom is 0.416 e. The highest BCUT2D eigenvalue weighted by molar-refractivity contribution is 6.31. The lowest BCUT2D eigenvalue weighted by atomic mass is 10.1. The van der Waals surface area contributed by atoms with Crippen LogP contribution in [0.5, 0.6) is 0 Å². The number of ether oxygens (including phenoxy) is 1. The van der Waals surface area contributed by atoms with E-state index in [1.807, 2.05) is 0 Å². The number of alkyl halides is 3. The predicted octanol–water partition coefficient (Wildman–Crippen LogP) is 2.96. The van der Waals surface area contributed by atoms with Gasteiger partial charge in [-0.05, 0) is 25.1 Å². The summed E-state index contributed by atoms with van der Waals surface area (Å²) in [4.78, 5) is 11.2. The van der Waals surface area contributed by atoms with Crippen molar-refractivity contribution in [1.29, 1.82) is 0 Å². The number of halogens is 4. The second kappa shape index (κ2) is 5.58. The maximum absolute atomic E-state index is 12.5. The summed E-state index contributed by atoms with van der Waals surface area (Å²) in [5.41, 5.74) is -1.32. The molecule has 3 nitrogen and oxygen atoms in total. The number of esters is 1. The van der Waals surface area contributed by atoms with E-state index in [1.165, 1.54) is 6.92 Å². The number of hydrogen-bond donors (Lipinski definition) is 1. The highest BCUT2D eigenvalue weighted by Crippen LogP contribution is 2.34. The van der Waals surface area contributed by atoms with Gasteiger partial charge in [-0.15, -0.1) is 0 Å². The Bertz CT molecular complexity index is 446. The van der Waals surface area contributed by atoms with Crippen LogP contribution >= 0.6 is 11.6 Å². The van der Waals surface area contributed by atoms with Crippen LogP contribution in [0.1, 0.15) is 24.2 Å². The fourth-order valence-corrected chi connectivity index (χ4v) is 1.50. The van der Waals surface area contributed by atoms with Gasteiger partial charge in [-0.25, -0.2) is 4.79 Å². The second-order valence-corrected chi connectivity index (χ2v) is 3.80. The van der Waals surface area contributed by atoms with Crippen molar-refractivity contribution in [1.82, 2.24) is 0 Å². The molecule has 0 saturated carbocycles. The zero-order valence-electron chi connectivity index (χ0n) is 9.29. The molecule has 0 saturated heterocycles. The highest BCUT2D eigenvalue weighted by Gasteiger charge is 2.32. The van der Waals surface area contributed by atoms with E-state index in [9.17, 15) is 23.1 Å². The third kappa shape index (κ3) is 3.36. The Labute approximate surface area is 106 Å². The molecule has 1 aromatic rings. The van der Waals surface area contributed by atoms with E-state index in [2.05, 4.69) is 4.74 Å². The van der Waals surface area contributed by atoms with Gasteiger partial charge in [-0.1, -0.05) is 11.6 Å². The third-order valence-electron chi connectivity index (χ3n) is 2.13. The Balaban J connectivity index is 3.12. The van der Waals surface area contributed by atoms with Crippen molar-refractivity contribution in [3.05, 3.63) is 34.3 Å². The summed E-state index contributed by atoms with van der Waals surface area (Å²) in [7, 11) is 0. The number of rotatable bonds is 3. The van der Waals surface area contributed by atoms with E-state index in [0.29, 0.717) is 6.07 Å². The standard InChI is InChI=1S/C11H10ClF3O3/c1-2-18-10(17)9(16)7-5-6(11(13,14)15)3-4-8(7)12/h3-5,9,16H,2H2,1H3. The van der Waals surface area contributed by atoms with Crippen LogP contribution in [0.4, 0.5) is 13.2 Å². The minimum absolute atomic E-state index is 0.00642. The van der Waals surface area contributed by atoms with Crippen LogP contribution in [0, 0.1) is 0 Å². The predicted molar refractivity (Wildman–Crippen MR) is 58.0 cm³/mol. The lowest BCUT2D eigenvalue weighted by Gasteiger charge is -2.14. The Morgan fingerprint density at radius 3 is 2.61 bits per heavy atom. The van der Waals surface area contributed by atoms with Gasteiger partial charge in [-0.3, -0.25) is 0 Å². The molecule has 18 heavy (non-hydrogen) atoms. The Morgan fingerprint density at radius 1 is 1.50 bits per heavy atom. The molecule has 100 valence electrons. The molecule has 1 unspecified atom stereocenters.